The Morgan fingerprint density at radius 1 is 1.05 bits per heavy atom. The van der Waals surface area contributed by atoms with E-state index in [9.17, 15) is 17.6 Å². The lowest BCUT2D eigenvalue weighted by atomic mass is 9.92. The van der Waals surface area contributed by atoms with Crippen molar-refractivity contribution in [1.82, 2.24) is 0 Å². The molecule has 0 unspecified atom stereocenters. The summed E-state index contributed by atoms with van der Waals surface area (Å²) in [6, 6.07) is 8.66. The summed E-state index contributed by atoms with van der Waals surface area (Å²) in [4.78, 5) is 0. The van der Waals surface area contributed by atoms with Gasteiger partial charge in [-0.15, -0.1) is 0 Å². The van der Waals surface area contributed by atoms with Gasteiger partial charge in [-0.05, 0) is 47.7 Å². The van der Waals surface area contributed by atoms with Crippen molar-refractivity contribution in [2.45, 2.75) is 19.0 Å². The van der Waals surface area contributed by atoms with E-state index in [0.717, 1.165) is 48.3 Å². The van der Waals surface area contributed by atoms with Gasteiger partial charge < -0.3 is 5.32 Å². The molecule has 1 aliphatic rings. The van der Waals surface area contributed by atoms with Crippen LogP contribution in [-0.2, 0) is 12.6 Å². The highest BCUT2D eigenvalue weighted by Gasteiger charge is 2.34. The van der Waals surface area contributed by atoms with Crippen LogP contribution in [0.1, 0.15) is 17.5 Å². The van der Waals surface area contributed by atoms with Crippen LogP contribution in [0.15, 0.2) is 36.4 Å². The smallest absolute Gasteiger partial charge is 0.385 e. The minimum absolute atomic E-state index is 0.473. The lowest BCUT2D eigenvalue weighted by molar-refractivity contribution is -0.139. The molecule has 0 aliphatic carbocycles. The van der Waals surface area contributed by atoms with Crippen molar-refractivity contribution < 1.29 is 17.6 Å². The maximum Gasteiger partial charge on any atom is 0.419 e. The number of anilines is 1. The Morgan fingerprint density at radius 3 is 2.57 bits per heavy atom. The maximum absolute atomic E-state index is 13.7. The molecule has 0 radical (unpaired) electrons. The Bertz CT molecular complexity index is 676. The maximum atomic E-state index is 13.7. The fourth-order valence-corrected chi connectivity index (χ4v) is 2.69. The van der Waals surface area contributed by atoms with Gasteiger partial charge in [0.15, 0.2) is 0 Å². The van der Waals surface area contributed by atoms with Gasteiger partial charge in [0, 0.05) is 12.2 Å². The van der Waals surface area contributed by atoms with E-state index in [-0.39, 0.29) is 0 Å². The summed E-state index contributed by atoms with van der Waals surface area (Å²) in [5, 5.41) is 3.25. The third kappa shape index (κ3) is 2.60. The minimum atomic E-state index is -4.67. The van der Waals surface area contributed by atoms with Crippen molar-refractivity contribution in [3.8, 4) is 11.1 Å². The molecule has 1 aliphatic heterocycles. The van der Waals surface area contributed by atoms with Gasteiger partial charge in [-0.1, -0.05) is 18.2 Å². The topological polar surface area (TPSA) is 12.0 Å². The van der Waals surface area contributed by atoms with Gasteiger partial charge >= 0.3 is 6.18 Å². The molecule has 2 aromatic carbocycles. The van der Waals surface area contributed by atoms with Gasteiger partial charge in [0.1, 0.15) is 5.82 Å². The molecular formula is C16H13F4N. The number of benzene rings is 2. The predicted molar refractivity (Wildman–Crippen MR) is 73.6 cm³/mol. The van der Waals surface area contributed by atoms with Crippen molar-refractivity contribution >= 4 is 5.69 Å². The first-order valence-electron chi connectivity index (χ1n) is 6.70. The summed E-state index contributed by atoms with van der Waals surface area (Å²) in [7, 11) is 0. The zero-order valence-corrected chi connectivity index (χ0v) is 11.1. The van der Waals surface area contributed by atoms with E-state index in [1.807, 2.05) is 18.2 Å². The van der Waals surface area contributed by atoms with Gasteiger partial charge in [-0.3, -0.25) is 0 Å². The average molecular weight is 295 g/mol. The van der Waals surface area contributed by atoms with E-state index >= 15 is 0 Å². The number of alkyl halides is 3. The zero-order valence-electron chi connectivity index (χ0n) is 11.1. The molecule has 1 heterocycles. The zero-order chi connectivity index (χ0) is 15.0. The molecule has 110 valence electrons. The van der Waals surface area contributed by atoms with Gasteiger partial charge in [-0.2, -0.15) is 13.2 Å². The van der Waals surface area contributed by atoms with Crippen molar-refractivity contribution in [1.29, 1.82) is 0 Å². The van der Waals surface area contributed by atoms with E-state index in [2.05, 4.69) is 5.32 Å². The van der Waals surface area contributed by atoms with Crippen molar-refractivity contribution in [2.24, 2.45) is 0 Å². The van der Waals surface area contributed by atoms with E-state index in [1.54, 1.807) is 0 Å². The number of rotatable bonds is 1. The molecule has 3 rings (SSSR count). The summed E-state index contributed by atoms with van der Waals surface area (Å²) < 4.78 is 51.5. The minimum Gasteiger partial charge on any atom is -0.385 e. The van der Waals surface area contributed by atoms with Crippen molar-refractivity contribution in [3.63, 3.8) is 0 Å². The molecule has 0 atom stereocenters. The Morgan fingerprint density at radius 2 is 1.86 bits per heavy atom. The summed E-state index contributed by atoms with van der Waals surface area (Å²) in [5.41, 5.74) is 2.03. The molecule has 0 bridgehead atoms. The predicted octanol–water partition coefficient (Wildman–Crippen LogP) is 4.87. The van der Waals surface area contributed by atoms with Crippen molar-refractivity contribution in [2.75, 3.05) is 11.9 Å². The van der Waals surface area contributed by atoms with E-state index in [4.69, 9.17) is 0 Å². The molecule has 21 heavy (non-hydrogen) atoms. The van der Waals surface area contributed by atoms with Gasteiger partial charge in [0.2, 0.25) is 0 Å². The standard InChI is InChI=1S/C16H13F4N/c17-14-9-10(6-7-13(14)16(18,19)20)11-3-1-5-15-12(11)4-2-8-21-15/h1,3,5-7,9,21H,2,4,8H2. The van der Waals surface area contributed by atoms with Crippen LogP contribution in [0.2, 0.25) is 0 Å². The number of nitrogens with one attached hydrogen (secondary N) is 1. The second-order valence-corrected chi connectivity index (χ2v) is 5.05. The highest BCUT2D eigenvalue weighted by Crippen LogP contribution is 2.36. The molecule has 1 N–H and O–H groups in total. The quantitative estimate of drug-likeness (QED) is 0.740. The second-order valence-electron chi connectivity index (χ2n) is 5.05. The highest BCUT2D eigenvalue weighted by atomic mass is 19.4. The molecule has 0 spiro atoms. The van der Waals surface area contributed by atoms with E-state index in [0.29, 0.717) is 5.56 Å². The molecule has 2 aromatic rings. The Labute approximate surface area is 119 Å². The van der Waals surface area contributed by atoms with Crippen LogP contribution in [0.25, 0.3) is 11.1 Å². The normalized spacial score (nSPS) is 14.5. The number of hydrogen-bond acceptors (Lipinski definition) is 1. The first-order valence-corrected chi connectivity index (χ1v) is 6.70. The fourth-order valence-electron chi connectivity index (χ4n) is 2.69. The van der Waals surface area contributed by atoms with Crippen molar-refractivity contribution in [3.05, 3.63) is 53.3 Å². The third-order valence-electron chi connectivity index (χ3n) is 3.68. The largest absolute Gasteiger partial charge is 0.419 e. The Kier molecular flexibility index (Phi) is 3.35. The lowest BCUT2D eigenvalue weighted by Crippen LogP contribution is -2.12. The average Bonchev–Trinajstić information content (AvgIpc) is 2.45. The lowest BCUT2D eigenvalue weighted by Gasteiger charge is -2.21. The highest BCUT2D eigenvalue weighted by molar-refractivity contribution is 5.75. The van der Waals surface area contributed by atoms with Crippen LogP contribution in [-0.4, -0.2) is 6.54 Å². The van der Waals surface area contributed by atoms with Crippen LogP contribution < -0.4 is 5.32 Å². The second kappa shape index (κ2) is 5.06. The number of hydrogen-bond donors (Lipinski definition) is 1. The van der Waals surface area contributed by atoms with Gasteiger partial charge in [0.25, 0.3) is 0 Å². The fraction of sp³-hybridized carbons (Fsp3) is 0.250. The van der Waals surface area contributed by atoms with E-state index < -0.39 is 17.6 Å². The number of fused-ring (bicyclic) bond motifs is 1. The van der Waals surface area contributed by atoms with Crippen LogP contribution >= 0.6 is 0 Å². The summed E-state index contributed by atoms with van der Waals surface area (Å²) in [6.07, 6.45) is -2.88. The van der Waals surface area contributed by atoms with E-state index in [1.165, 1.54) is 6.07 Å². The number of halogens is 4. The first-order chi connectivity index (χ1) is 9.97. The molecule has 0 fully saturated rings. The van der Waals surface area contributed by atoms with Gasteiger partial charge in [-0.25, -0.2) is 4.39 Å². The Hall–Kier alpha value is -2.04. The van der Waals surface area contributed by atoms with Gasteiger partial charge in [0.05, 0.1) is 5.56 Å². The monoisotopic (exact) mass is 295 g/mol. The van der Waals surface area contributed by atoms with Crippen LogP contribution in [0.3, 0.4) is 0 Å². The molecule has 0 saturated heterocycles. The molecule has 1 nitrogen and oxygen atoms in total. The van der Waals surface area contributed by atoms with Crippen LogP contribution in [0, 0.1) is 5.82 Å². The molecule has 0 saturated carbocycles. The summed E-state index contributed by atoms with van der Waals surface area (Å²) >= 11 is 0. The first kappa shape index (κ1) is 13.9. The van der Waals surface area contributed by atoms with Crippen LogP contribution in [0.5, 0.6) is 0 Å². The van der Waals surface area contributed by atoms with Crippen LogP contribution in [0.4, 0.5) is 23.2 Å². The molecular weight excluding hydrogens is 282 g/mol. The summed E-state index contributed by atoms with van der Waals surface area (Å²) in [5.74, 6) is -1.23. The molecule has 0 amide bonds. The Balaban J connectivity index is 2.08. The SMILES string of the molecule is Fc1cc(-c2cccc3c2CCCN3)ccc1C(F)(F)F. The summed E-state index contributed by atoms with van der Waals surface area (Å²) in [6.45, 7) is 0.873. The molecule has 5 heteroatoms. The third-order valence-corrected chi connectivity index (χ3v) is 3.68. The molecule has 0 aromatic heterocycles.